The molecule has 0 radical (unpaired) electrons. The molecule has 1 unspecified atom stereocenters. The zero-order valence-electron chi connectivity index (χ0n) is 14.6. The predicted molar refractivity (Wildman–Crippen MR) is 99.3 cm³/mol. The Hall–Kier alpha value is -1.72. The first-order chi connectivity index (χ1) is 11.5. The van der Waals surface area contributed by atoms with Crippen molar-refractivity contribution < 1.29 is 9.90 Å². The maximum Gasteiger partial charge on any atom is 0.251 e. The van der Waals surface area contributed by atoms with Gasteiger partial charge in [0.05, 0.1) is 0 Å². The number of nitrogens with zero attached hydrogens (tertiary/aromatic N) is 1. The molecule has 2 rings (SSSR count). The first-order valence-electron chi connectivity index (χ1n) is 8.41. The van der Waals surface area contributed by atoms with Crippen LogP contribution in [-0.2, 0) is 0 Å². The fourth-order valence-corrected chi connectivity index (χ4v) is 3.55. The fraction of sp³-hybridized carbons (Fsp3) is 0.474. The van der Waals surface area contributed by atoms with E-state index in [1.807, 2.05) is 36.6 Å². The molecular weight excluding hydrogens is 320 g/mol. The molecule has 0 aliphatic carbocycles. The monoisotopic (exact) mass is 346 g/mol. The number of aliphatic hydroxyl groups is 1. The molecule has 1 amide bonds. The van der Waals surface area contributed by atoms with Gasteiger partial charge in [0.1, 0.15) is 5.01 Å². The molecule has 0 bridgehead atoms. The Bertz CT molecular complexity index is 650. The summed E-state index contributed by atoms with van der Waals surface area (Å²) in [4.78, 5) is 16.8. The smallest absolute Gasteiger partial charge is 0.251 e. The van der Waals surface area contributed by atoms with Crippen LogP contribution in [0, 0.1) is 18.8 Å². The Morgan fingerprint density at radius 1 is 1.29 bits per heavy atom. The van der Waals surface area contributed by atoms with E-state index in [9.17, 15) is 4.79 Å². The van der Waals surface area contributed by atoms with E-state index in [4.69, 9.17) is 5.11 Å². The van der Waals surface area contributed by atoms with Gasteiger partial charge in [0.2, 0.25) is 0 Å². The van der Waals surface area contributed by atoms with Gasteiger partial charge in [-0.1, -0.05) is 26.0 Å². The van der Waals surface area contributed by atoms with Crippen LogP contribution in [0.25, 0.3) is 10.6 Å². The van der Waals surface area contributed by atoms with Gasteiger partial charge in [-0.3, -0.25) is 4.79 Å². The molecule has 130 valence electrons. The molecule has 1 atom stereocenters. The predicted octanol–water partition coefficient (Wildman–Crippen LogP) is 3.89. The third-order valence-electron chi connectivity index (χ3n) is 3.91. The highest BCUT2D eigenvalue weighted by Gasteiger charge is 2.13. The standard InChI is InChI=1S/C19H26N2O2S/c1-13(2)10-15(8-9-22)11-20-18(23)16-4-6-17(7-5-16)19-21-14(3)12-24-19/h4-7,12-13,15,22H,8-11H2,1-3H3,(H,20,23). The molecule has 0 aliphatic rings. The third-order valence-corrected chi connectivity index (χ3v) is 4.92. The molecule has 0 fully saturated rings. The minimum absolute atomic E-state index is 0.0661. The van der Waals surface area contributed by atoms with E-state index in [1.54, 1.807) is 11.3 Å². The first-order valence-corrected chi connectivity index (χ1v) is 9.29. The molecule has 0 saturated heterocycles. The van der Waals surface area contributed by atoms with Crippen molar-refractivity contribution in [1.29, 1.82) is 0 Å². The normalized spacial score (nSPS) is 12.4. The summed E-state index contributed by atoms with van der Waals surface area (Å²) >= 11 is 1.61. The van der Waals surface area contributed by atoms with Crippen molar-refractivity contribution in [3.05, 3.63) is 40.9 Å². The highest BCUT2D eigenvalue weighted by molar-refractivity contribution is 7.13. The van der Waals surface area contributed by atoms with E-state index in [2.05, 4.69) is 24.1 Å². The van der Waals surface area contributed by atoms with Gasteiger partial charge in [-0.05, 0) is 43.7 Å². The quantitative estimate of drug-likeness (QED) is 0.762. The summed E-state index contributed by atoms with van der Waals surface area (Å²) in [5.41, 5.74) is 2.69. The van der Waals surface area contributed by atoms with Gasteiger partial charge < -0.3 is 10.4 Å². The summed E-state index contributed by atoms with van der Waals surface area (Å²) in [6.45, 7) is 7.05. The minimum Gasteiger partial charge on any atom is -0.396 e. The van der Waals surface area contributed by atoms with Crippen LogP contribution in [0.5, 0.6) is 0 Å². The third kappa shape index (κ3) is 5.42. The highest BCUT2D eigenvalue weighted by Crippen LogP contribution is 2.23. The number of aryl methyl sites for hydroxylation is 1. The Labute approximate surface area is 148 Å². The van der Waals surface area contributed by atoms with Crippen LogP contribution in [0.2, 0.25) is 0 Å². The van der Waals surface area contributed by atoms with Gasteiger partial charge in [0.25, 0.3) is 5.91 Å². The van der Waals surface area contributed by atoms with Crippen molar-refractivity contribution in [1.82, 2.24) is 10.3 Å². The van der Waals surface area contributed by atoms with E-state index in [1.165, 1.54) is 0 Å². The first kappa shape index (κ1) is 18.6. The molecule has 0 aliphatic heterocycles. The van der Waals surface area contributed by atoms with Crippen molar-refractivity contribution in [3.63, 3.8) is 0 Å². The van der Waals surface area contributed by atoms with Crippen molar-refractivity contribution in [2.24, 2.45) is 11.8 Å². The number of nitrogens with one attached hydrogen (secondary N) is 1. The van der Waals surface area contributed by atoms with Gasteiger partial charge in [-0.15, -0.1) is 11.3 Å². The number of benzene rings is 1. The van der Waals surface area contributed by atoms with Crippen LogP contribution in [-0.4, -0.2) is 29.1 Å². The van der Waals surface area contributed by atoms with Crippen molar-refractivity contribution in [3.8, 4) is 10.6 Å². The van der Waals surface area contributed by atoms with Gasteiger partial charge >= 0.3 is 0 Å². The number of hydrogen-bond acceptors (Lipinski definition) is 4. The van der Waals surface area contributed by atoms with Crippen molar-refractivity contribution >= 4 is 17.2 Å². The zero-order valence-corrected chi connectivity index (χ0v) is 15.4. The van der Waals surface area contributed by atoms with Gasteiger partial charge in [-0.2, -0.15) is 0 Å². The van der Waals surface area contributed by atoms with Crippen molar-refractivity contribution in [2.75, 3.05) is 13.2 Å². The van der Waals surface area contributed by atoms with Crippen LogP contribution in [0.3, 0.4) is 0 Å². The Balaban J connectivity index is 1.94. The van der Waals surface area contributed by atoms with Gasteiger partial charge in [0, 0.05) is 35.4 Å². The zero-order chi connectivity index (χ0) is 17.5. The molecular formula is C19H26N2O2S. The number of aliphatic hydroxyl groups excluding tert-OH is 1. The summed E-state index contributed by atoms with van der Waals surface area (Å²) in [7, 11) is 0. The second-order valence-electron chi connectivity index (χ2n) is 6.59. The SMILES string of the molecule is Cc1csc(-c2ccc(C(=O)NCC(CCO)CC(C)C)cc2)n1. The lowest BCUT2D eigenvalue weighted by atomic mass is 9.94. The lowest BCUT2D eigenvalue weighted by Gasteiger charge is -2.18. The second-order valence-corrected chi connectivity index (χ2v) is 7.45. The lowest BCUT2D eigenvalue weighted by Crippen LogP contribution is -2.30. The molecule has 4 nitrogen and oxygen atoms in total. The Kier molecular flexibility index (Phi) is 6.94. The highest BCUT2D eigenvalue weighted by atomic mass is 32.1. The fourth-order valence-electron chi connectivity index (χ4n) is 2.74. The molecule has 1 aromatic carbocycles. The number of carbonyl (C=O) groups is 1. The van der Waals surface area contributed by atoms with E-state index in [-0.39, 0.29) is 12.5 Å². The van der Waals surface area contributed by atoms with E-state index in [0.29, 0.717) is 23.9 Å². The lowest BCUT2D eigenvalue weighted by molar-refractivity contribution is 0.0941. The summed E-state index contributed by atoms with van der Waals surface area (Å²) in [6, 6.07) is 7.55. The molecule has 1 aromatic heterocycles. The average Bonchev–Trinajstić information content (AvgIpc) is 2.99. The van der Waals surface area contributed by atoms with E-state index in [0.717, 1.165) is 29.1 Å². The molecule has 24 heavy (non-hydrogen) atoms. The second kappa shape index (κ2) is 8.94. The summed E-state index contributed by atoms with van der Waals surface area (Å²) in [5.74, 6) is 0.805. The van der Waals surface area contributed by atoms with Gasteiger partial charge in [0.15, 0.2) is 0 Å². The number of hydrogen-bond donors (Lipinski definition) is 2. The van der Waals surface area contributed by atoms with Crippen LogP contribution < -0.4 is 5.32 Å². The number of amides is 1. The molecule has 1 heterocycles. The van der Waals surface area contributed by atoms with E-state index >= 15 is 0 Å². The molecule has 2 N–H and O–H groups in total. The van der Waals surface area contributed by atoms with Gasteiger partial charge in [-0.25, -0.2) is 4.98 Å². The number of carbonyl (C=O) groups excluding carboxylic acids is 1. The van der Waals surface area contributed by atoms with Crippen molar-refractivity contribution in [2.45, 2.75) is 33.6 Å². The number of aromatic nitrogens is 1. The largest absolute Gasteiger partial charge is 0.396 e. The van der Waals surface area contributed by atoms with Crippen LogP contribution in [0.1, 0.15) is 42.7 Å². The maximum absolute atomic E-state index is 12.3. The Morgan fingerprint density at radius 2 is 2.00 bits per heavy atom. The van der Waals surface area contributed by atoms with Crippen LogP contribution in [0.4, 0.5) is 0 Å². The maximum atomic E-state index is 12.3. The summed E-state index contributed by atoms with van der Waals surface area (Å²) in [6.07, 6.45) is 1.73. The summed E-state index contributed by atoms with van der Waals surface area (Å²) < 4.78 is 0. The summed E-state index contributed by atoms with van der Waals surface area (Å²) in [5, 5.41) is 15.1. The van der Waals surface area contributed by atoms with E-state index < -0.39 is 0 Å². The molecule has 5 heteroatoms. The minimum atomic E-state index is -0.0661. The van der Waals surface area contributed by atoms with Crippen LogP contribution >= 0.6 is 11.3 Å². The number of rotatable bonds is 8. The Morgan fingerprint density at radius 3 is 2.54 bits per heavy atom. The topological polar surface area (TPSA) is 62.2 Å². The number of thiazole rings is 1. The average molecular weight is 346 g/mol. The molecule has 0 saturated carbocycles. The molecule has 0 spiro atoms. The van der Waals surface area contributed by atoms with Crippen LogP contribution in [0.15, 0.2) is 29.6 Å². The molecule has 2 aromatic rings.